The number of nitrogens with zero attached hydrogens (tertiary/aromatic N) is 3. The Hall–Kier alpha value is -1.25. The highest BCUT2D eigenvalue weighted by molar-refractivity contribution is 6.33. The fourth-order valence-corrected chi connectivity index (χ4v) is 1.04. The SMILES string of the molecule is CCc1ncnc(N=C=O)c1Cl. The smallest absolute Gasteiger partial charge is 0.240 e. The second kappa shape index (κ2) is 3.95. The minimum absolute atomic E-state index is 0.179. The van der Waals surface area contributed by atoms with E-state index in [2.05, 4.69) is 15.0 Å². The summed E-state index contributed by atoms with van der Waals surface area (Å²) in [6.45, 7) is 1.91. The van der Waals surface area contributed by atoms with Gasteiger partial charge in [-0.05, 0) is 6.42 Å². The summed E-state index contributed by atoms with van der Waals surface area (Å²) in [5, 5.41) is 0.323. The number of halogens is 1. The summed E-state index contributed by atoms with van der Waals surface area (Å²) in [4.78, 5) is 20.9. The van der Waals surface area contributed by atoms with Crippen molar-refractivity contribution in [1.82, 2.24) is 9.97 Å². The molecule has 0 aromatic carbocycles. The Balaban J connectivity index is 3.22. The largest absolute Gasteiger partial charge is 0.242 e. The van der Waals surface area contributed by atoms with Crippen molar-refractivity contribution >= 4 is 23.5 Å². The lowest BCUT2D eigenvalue weighted by Gasteiger charge is -1.98. The van der Waals surface area contributed by atoms with Gasteiger partial charge in [-0.25, -0.2) is 14.8 Å². The van der Waals surface area contributed by atoms with Gasteiger partial charge in [0.15, 0.2) is 5.82 Å². The van der Waals surface area contributed by atoms with E-state index in [1.165, 1.54) is 12.4 Å². The first-order chi connectivity index (χ1) is 5.79. The summed E-state index contributed by atoms with van der Waals surface area (Å²) in [6.07, 6.45) is 3.38. The van der Waals surface area contributed by atoms with Crippen LogP contribution in [0.5, 0.6) is 0 Å². The molecule has 0 unspecified atom stereocenters. The van der Waals surface area contributed by atoms with E-state index in [-0.39, 0.29) is 5.82 Å². The second-order valence-corrected chi connectivity index (χ2v) is 2.39. The van der Waals surface area contributed by atoms with Crippen molar-refractivity contribution in [2.24, 2.45) is 4.99 Å². The van der Waals surface area contributed by atoms with Crippen LogP contribution in [0.25, 0.3) is 0 Å². The predicted molar refractivity (Wildman–Crippen MR) is 44.2 cm³/mol. The van der Waals surface area contributed by atoms with Crippen molar-refractivity contribution in [3.63, 3.8) is 0 Å². The maximum atomic E-state index is 9.92. The summed E-state index contributed by atoms with van der Waals surface area (Å²) >= 11 is 5.79. The van der Waals surface area contributed by atoms with Gasteiger partial charge >= 0.3 is 0 Å². The molecule has 0 bridgehead atoms. The Morgan fingerprint density at radius 2 is 2.42 bits per heavy atom. The number of aryl methyl sites for hydroxylation is 1. The quantitative estimate of drug-likeness (QED) is 0.518. The van der Waals surface area contributed by atoms with Gasteiger partial charge in [-0.3, -0.25) is 0 Å². The fourth-order valence-electron chi connectivity index (χ4n) is 0.763. The maximum Gasteiger partial charge on any atom is 0.242 e. The van der Waals surface area contributed by atoms with Crippen LogP contribution in [0, 0.1) is 0 Å². The molecule has 1 heterocycles. The number of isocyanates is 1. The zero-order valence-electron chi connectivity index (χ0n) is 6.41. The van der Waals surface area contributed by atoms with Crippen LogP contribution in [-0.4, -0.2) is 16.0 Å². The van der Waals surface area contributed by atoms with E-state index >= 15 is 0 Å². The van der Waals surface area contributed by atoms with Gasteiger partial charge in [0.2, 0.25) is 6.08 Å². The lowest BCUT2D eigenvalue weighted by atomic mass is 10.3. The number of aromatic nitrogens is 2. The van der Waals surface area contributed by atoms with Crippen LogP contribution < -0.4 is 0 Å². The molecule has 0 amide bonds. The van der Waals surface area contributed by atoms with Crippen molar-refractivity contribution < 1.29 is 4.79 Å². The number of hydrogen-bond donors (Lipinski definition) is 0. The Morgan fingerprint density at radius 3 is 3.00 bits per heavy atom. The third-order valence-electron chi connectivity index (χ3n) is 1.33. The first-order valence-electron chi connectivity index (χ1n) is 3.36. The topological polar surface area (TPSA) is 55.2 Å². The molecule has 0 saturated carbocycles. The first-order valence-corrected chi connectivity index (χ1v) is 3.74. The van der Waals surface area contributed by atoms with E-state index in [0.717, 1.165) is 0 Å². The van der Waals surface area contributed by atoms with Crippen molar-refractivity contribution in [2.45, 2.75) is 13.3 Å². The van der Waals surface area contributed by atoms with Crippen molar-refractivity contribution in [3.8, 4) is 0 Å². The highest BCUT2D eigenvalue weighted by Gasteiger charge is 2.05. The van der Waals surface area contributed by atoms with Gasteiger partial charge < -0.3 is 0 Å². The second-order valence-electron chi connectivity index (χ2n) is 2.01. The number of carbonyl (C=O) groups excluding carboxylic acids is 1. The van der Waals surface area contributed by atoms with E-state index in [9.17, 15) is 4.79 Å². The molecular weight excluding hydrogens is 178 g/mol. The lowest BCUT2D eigenvalue weighted by molar-refractivity contribution is 0.565. The zero-order chi connectivity index (χ0) is 8.97. The van der Waals surface area contributed by atoms with Gasteiger partial charge in [-0.1, -0.05) is 18.5 Å². The van der Waals surface area contributed by atoms with E-state index in [4.69, 9.17) is 11.6 Å². The molecular formula is C7H6ClN3O. The van der Waals surface area contributed by atoms with E-state index in [1.807, 2.05) is 6.92 Å². The van der Waals surface area contributed by atoms with E-state index in [0.29, 0.717) is 17.1 Å². The van der Waals surface area contributed by atoms with Crippen LogP contribution >= 0.6 is 11.6 Å². The number of aliphatic imine (C=N–C) groups is 1. The average molecular weight is 184 g/mol. The maximum absolute atomic E-state index is 9.92. The fraction of sp³-hybridized carbons (Fsp3) is 0.286. The average Bonchev–Trinajstić information content (AvgIpc) is 2.09. The van der Waals surface area contributed by atoms with Gasteiger partial charge in [0.05, 0.1) is 5.69 Å². The standard InChI is InChI=1S/C7H6ClN3O/c1-2-5-6(8)7(11-4-12)10-3-9-5/h3H,2H2,1H3. The third-order valence-corrected chi connectivity index (χ3v) is 1.72. The molecule has 4 nitrogen and oxygen atoms in total. The van der Waals surface area contributed by atoms with Gasteiger partial charge in [-0.2, -0.15) is 0 Å². The van der Waals surface area contributed by atoms with Crippen LogP contribution in [0.4, 0.5) is 5.82 Å². The van der Waals surface area contributed by atoms with E-state index in [1.54, 1.807) is 0 Å². The minimum Gasteiger partial charge on any atom is -0.240 e. The predicted octanol–water partition coefficient (Wildman–Crippen LogP) is 1.66. The Bertz CT molecular complexity index is 333. The minimum atomic E-state index is 0.179. The highest BCUT2D eigenvalue weighted by Crippen LogP contribution is 2.23. The van der Waals surface area contributed by atoms with Gasteiger partial charge in [0.25, 0.3) is 0 Å². The lowest BCUT2D eigenvalue weighted by Crippen LogP contribution is -1.90. The van der Waals surface area contributed by atoms with Crippen LogP contribution in [0.15, 0.2) is 11.3 Å². The molecule has 0 radical (unpaired) electrons. The molecule has 5 heteroatoms. The van der Waals surface area contributed by atoms with Crippen molar-refractivity contribution in [3.05, 3.63) is 17.0 Å². The Morgan fingerprint density at radius 1 is 1.67 bits per heavy atom. The number of rotatable bonds is 2. The van der Waals surface area contributed by atoms with Crippen LogP contribution in [0.3, 0.4) is 0 Å². The summed E-state index contributed by atoms with van der Waals surface area (Å²) in [5.41, 5.74) is 0.681. The normalized spacial score (nSPS) is 9.17. The van der Waals surface area contributed by atoms with Gasteiger partial charge in [-0.15, -0.1) is 4.99 Å². The molecule has 0 fully saturated rings. The zero-order valence-corrected chi connectivity index (χ0v) is 7.17. The summed E-state index contributed by atoms with van der Waals surface area (Å²) in [7, 11) is 0. The molecule has 0 atom stereocenters. The monoisotopic (exact) mass is 183 g/mol. The molecule has 1 aromatic rings. The Kier molecular flexibility index (Phi) is 2.91. The molecule has 0 spiro atoms. The molecule has 1 rings (SSSR count). The van der Waals surface area contributed by atoms with Crippen molar-refractivity contribution in [2.75, 3.05) is 0 Å². The molecule has 1 aromatic heterocycles. The summed E-state index contributed by atoms with van der Waals surface area (Å²) in [6, 6.07) is 0. The summed E-state index contributed by atoms with van der Waals surface area (Å²) in [5.74, 6) is 0.179. The van der Waals surface area contributed by atoms with E-state index < -0.39 is 0 Å². The molecule has 0 aliphatic rings. The van der Waals surface area contributed by atoms with Crippen LogP contribution in [-0.2, 0) is 11.2 Å². The van der Waals surface area contributed by atoms with Crippen LogP contribution in [0.2, 0.25) is 5.02 Å². The molecule has 12 heavy (non-hydrogen) atoms. The highest BCUT2D eigenvalue weighted by atomic mass is 35.5. The molecule has 0 saturated heterocycles. The summed E-state index contributed by atoms with van der Waals surface area (Å²) < 4.78 is 0. The number of hydrogen-bond acceptors (Lipinski definition) is 4. The molecule has 62 valence electrons. The molecule has 0 N–H and O–H groups in total. The molecule has 0 aliphatic heterocycles. The van der Waals surface area contributed by atoms with Crippen molar-refractivity contribution in [1.29, 1.82) is 0 Å². The first kappa shape index (κ1) is 8.84. The van der Waals surface area contributed by atoms with Gasteiger partial charge in [0.1, 0.15) is 11.3 Å². The third kappa shape index (κ3) is 1.67. The Labute approximate surface area is 74.3 Å². The molecule has 0 aliphatic carbocycles. The van der Waals surface area contributed by atoms with Crippen LogP contribution in [0.1, 0.15) is 12.6 Å². The van der Waals surface area contributed by atoms with Gasteiger partial charge in [0, 0.05) is 0 Å².